The minimum Gasteiger partial charge on any atom is -0.344 e. The fourth-order valence-corrected chi connectivity index (χ4v) is 2.61. The Morgan fingerprint density at radius 3 is 2.37 bits per heavy atom. The molecule has 0 saturated carbocycles. The van der Waals surface area contributed by atoms with Crippen molar-refractivity contribution >= 4 is 18.3 Å². The lowest BCUT2D eigenvalue weighted by atomic mass is 9.92. The second-order valence-electron chi connectivity index (χ2n) is 6.47. The number of aromatic nitrogens is 2. The van der Waals surface area contributed by atoms with E-state index in [1.165, 1.54) is 0 Å². The van der Waals surface area contributed by atoms with Crippen LogP contribution in [0.15, 0.2) is 65.2 Å². The molecule has 1 amide bonds. The third kappa shape index (κ3) is 4.93. The van der Waals surface area contributed by atoms with Crippen molar-refractivity contribution in [1.82, 2.24) is 15.5 Å². The van der Waals surface area contributed by atoms with Crippen LogP contribution in [0.4, 0.5) is 0 Å². The number of amides is 1. The lowest BCUT2D eigenvalue weighted by Crippen LogP contribution is -2.49. The summed E-state index contributed by atoms with van der Waals surface area (Å²) >= 11 is 0. The number of nitrogens with two attached hydrogens (primary N) is 1. The Balaban J connectivity index is 0.00000261. The Labute approximate surface area is 164 Å². The standard InChI is InChI=1S/C20H22N4O2.ClH/c1-14(22-19(25)20(2,21)16-11-7-4-8-12-16)18-23-17(26-24-18)13-15-9-5-3-6-10-15;/h3-12,14H,13,21H2,1-2H3,(H,22,25);1H. The number of benzene rings is 2. The van der Waals surface area contributed by atoms with Crippen molar-refractivity contribution in [3.8, 4) is 0 Å². The summed E-state index contributed by atoms with van der Waals surface area (Å²) in [6, 6.07) is 18.7. The molecule has 1 heterocycles. The van der Waals surface area contributed by atoms with Crippen molar-refractivity contribution in [2.75, 3.05) is 0 Å². The van der Waals surface area contributed by atoms with Crippen LogP contribution in [-0.2, 0) is 16.8 Å². The molecule has 1 aromatic heterocycles. The molecule has 0 saturated heterocycles. The molecule has 7 heteroatoms. The molecule has 0 aliphatic rings. The Morgan fingerprint density at radius 1 is 1.15 bits per heavy atom. The monoisotopic (exact) mass is 386 g/mol. The molecule has 2 atom stereocenters. The minimum atomic E-state index is -1.15. The van der Waals surface area contributed by atoms with Gasteiger partial charge in [-0.3, -0.25) is 4.79 Å². The number of hydrogen-bond donors (Lipinski definition) is 2. The highest BCUT2D eigenvalue weighted by atomic mass is 35.5. The molecule has 0 radical (unpaired) electrons. The van der Waals surface area contributed by atoms with Crippen LogP contribution in [0, 0.1) is 0 Å². The van der Waals surface area contributed by atoms with Gasteiger partial charge in [0, 0.05) is 0 Å². The first kappa shape index (κ1) is 20.6. The number of nitrogens with one attached hydrogen (secondary N) is 1. The number of carbonyl (C=O) groups excluding carboxylic acids is 1. The predicted octanol–water partition coefficient (Wildman–Crippen LogP) is 3.13. The smallest absolute Gasteiger partial charge is 0.244 e. The molecular weight excluding hydrogens is 364 g/mol. The molecule has 27 heavy (non-hydrogen) atoms. The highest BCUT2D eigenvalue weighted by molar-refractivity contribution is 5.87. The molecule has 0 bridgehead atoms. The molecule has 2 aromatic carbocycles. The van der Waals surface area contributed by atoms with E-state index >= 15 is 0 Å². The molecule has 3 N–H and O–H groups in total. The zero-order chi connectivity index (χ0) is 18.6. The quantitative estimate of drug-likeness (QED) is 0.678. The Bertz CT molecular complexity index is 866. The van der Waals surface area contributed by atoms with Crippen molar-refractivity contribution in [3.63, 3.8) is 0 Å². The van der Waals surface area contributed by atoms with E-state index in [0.29, 0.717) is 18.1 Å². The lowest BCUT2D eigenvalue weighted by molar-refractivity contribution is -0.126. The largest absolute Gasteiger partial charge is 0.344 e. The van der Waals surface area contributed by atoms with Crippen LogP contribution in [0.1, 0.15) is 42.7 Å². The third-order valence-corrected chi connectivity index (χ3v) is 4.26. The number of carbonyl (C=O) groups is 1. The Kier molecular flexibility index (Phi) is 6.71. The van der Waals surface area contributed by atoms with Crippen LogP contribution < -0.4 is 11.1 Å². The highest BCUT2D eigenvalue weighted by Crippen LogP contribution is 2.19. The topological polar surface area (TPSA) is 94.0 Å². The van der Waals surface area contributed by atoms with Crippen molar-refractivity contribution in [3.05, 3.63) is 83.5 Å². The summed E-state index contributed by atoms with van der Waals surface area (Å²) in [6.07, 6.45) is 0.549. The first-order chi connectivity index (χ1) is 12.5. The van der Waals surface area contributed by atoms with Gasteiger partial charge in [0.1, 0.15) is 5.54 Å². The van der Waals surface area contributed by atoms with Crippen molar-refractivity contribution in [2.24, 2.45) is 5.73 Å². The van der Waals surface area contributed by atoms with Gasteiger partial charge in [0.2, 0.25) is 11.8 Å². The fraction of sp³-hybridized carbons (Fsp3) is 0.250. The molecular formula is C20H23ClN4O2. The molecule has 0 spiro atoms. The average molecular weight is 387 g/mol. The Hall–Kier alpha value is -2.70. The zero-order valence-corrected chi connectivity index (χ0v) is 16.1. The van der Waals surface area contributed by atoms with E-state index < -0.39 is 11.6 Å². The molecule has 3 rings (SSSR count). The average Bonchev–Trinajstić information content (AvgIpc) is 3.12. The van der Waals surface area contributed by atoms with Crippen LogP contribution in [0.3, 0.4) is 0 Å². The van der Waals surface area contributed by atoms with Gasteiger partial charge >= 0.3 is 0 Å². The zero-order valence-electron chi connectivity index (χ0n) is 15.3. The second-order valence-corrected chi connectivity index (χ2v) is 6.47. The SMILES string of the molecule is CC(NC(=O)C(C)(N)c1ccccc1)c1noc(Cc2ccccc2)n1.Cl. The van der Waals surface area contributed by atoms with Crippen LogP contribution in [0.5, 0.6) is 0 Å². The van der Waals surface area contributed by atoms with Crippen LogP contribution >= 0.6 is 12.4 Å². The van der Waals surface area contributed by atoms with E-state index in [-0.39, 0.29) is 18.3 Å². The van der Waals surface area contributed by atoms with E-state index in [0.717, 1.165) is 11.1 Å². The Morgan fingerprint density at radius 2 is 1.74 bits per heavy atom. The molecule has 0 aliphatic heterocycles. The second kappa shape index (κ2) is 8.79. The third-order valence-electron chi connectivity index (χ3n) is 4.26. The van der Waals surface area contributed by atoms with Crippen LogP contribution in [-0.4, -0.2) is 16.0 Å². The molecule has 2 unspecified atom stereocenters. The number of rotatable bonds is 6. The summed E-state index contributed by atoms with van der Waals surface area (Å²) < 4.78 is 5.30. The molecule has 0 aliphatic carbocycles. The van der Waals surface area contributed by atoms with Gasteiger partial charge in [0.15, 0.2) is 5.82 Å². The molecule has 6 nitrogen and oxygen atoms in total. The van der Waals surface area contributed by atoms with Crippen LogP contribution in [0.2, 0.25) is 0 Å². The van der Waals surface area contributed by atoms with E-state index in [4.69, 9.17) is 10.3 Å². The van der Waals surface area contributed by atoms with E-state index in [9.17, 15) is 4.79 Å². The lowest BCUT2D eigenvalue weighted by Gasteiger charge is -2.25. The van der Waals surface area contributed by atoms with Gasteiger partial charge in [-0.05, 0) is 25.0 Å². The van der Waals surface area contributed by atoms with Gasteiger partial charge in [-0.1, -0.05) is 65.8 Å². The first-order valence-corrected chi connectivity index (χ1v) is 8.48. The number of halogens is 1. The fourth-order valence-electron chi connectivity index (χ4n) is 2.61. The number of nitrogens with zero attached hydrogens (tertiary/aromatic N) is 2. The summed E-state index contributed by atoms with van der Waals surface area (Å²) in [4.78, 5) is 17.0. The van der Waals surface area contributed by atoms with E-state index in [1.807, 2.05) is 60.7 Å². The summed E-state index contributed by atoms with van der Waals surface area (Å²) in [5, 5.41) is 6.84. The summed E-state index contributed by atoms with van der Waals surface area (Å²) in [5.74, 6) is 0.629. The first-order valence-electron chi connectivity index (χ1n) is 8.48. The van der Waals surface area contributed by atoms with Crippen molar-refractivity contribution < 1.29 is 9.32 Å². The van der Waals surface area contributed by atoms with Gasteiger partial charge in [-0.2, -0.15) is 4.98 Å². The molecule has 3 aromatic rings. The normalized spacial score (nSPS) is 13.9. The number of hydrogen-bond acceptors (Lipinski definition) is 5. The van der Waals surface area contributed by atoms with Crippen LogP contribution in [0.25, 0.3) is 0 Å². The molecule has 0 fully saturated rings. The maximum atomic E-state index is 12.6. The summed E-state index contributed by atoms with van der Waals surface area (Å²) in [6.45, 7) is 3.48. The van der Waals surface area contributed by atoms with Gasteiger partial charge in [-0.15, -0.1) is 12.4 Å². The van der Waals surface area contributed by atoms with Gasteiger partial charge in [0.25, 0.3) is 0 Å². The van der Waals surface area contributed by atoms with E-state index in [2.05, 4.69) is 15.5 Å². The van der Waals surface area contributed by atoms with Crippen molar-refractivity contribution in [2.45, 2.75) is 31.8 Å². The van der Waals surface area contributed by atoms with E-state index in [1.54, 1.807) is 13.8 Å². The van der Waals surface area contributed by atoms with Crippen molar-refractivity contribution in [1.29, 1.82) is 0 Å². The van der Waals surface area contributed by atoms with Gasteiger partial charge < -0.3 is 15.6 Å². The van der Waals surface area contributed by atoms with Gasteiger partial charge in [0.05, 0.1) is 12.5 Å². The predicted molar refractivity (Wildman–Crippen MR) is 105 cm³/mol. The maximum Gasteiger partial charge on any atom is 0.244 e. The molecule has 142 valence electrons. The summed E-state index contributed by atoms with van der Waals surface area (Å²) in [7, 11) is 0. The maximum absolute atomic E-state index is 12.6. The minimum absolute atomic E-state index is 0. The summed E-state index contributed by atoms with van der Waals surface area (Å²) in [5.41, 5.74) is 6.91. The van der Waals surface area contributed by atoms with Gasteiger partial charge in [-0.25, -0.2) is 0 Å². The highest BCUT2D eigenvalue weighted by Gasteiger charge is 2.32.